The van der Waals surface area contributed by atoms with E-state index in [2.05, 4.69) is 0 Å². The van der Waals surface area contributed by atoms with Crippen LogP contribution in [0.3, 0.4) is 0 Å². The fraction of sp³-hybridized carbons (Fsp3) is 0.333. The summed E-state index contributed by atoms with van der Waals surface area (Å²) in [6.07, 6.45) is -0.365. The van der Waals surface area contributed by atoms with Crippen molar-refractivity contribution in [1.29, 1.82) is 0 Å². The van der Waals surface area contributed by atoms with Gasteiger partial charge in [0.2, 0.25) is 0 Å². The van der Waals surface area contributed by atoms with Gasteiger partial charge in [-0.05, 0) is 6.07 Å². The zero-order valence-corrected chi connectivity index (χ0v) is 8.11. The molecule has 5 heteroatoms. The van der Waals surface area contributed by atoms with Crippen LogP contribution in [-0.4, -0.2) is 9.96 Å². The Labute approximate surface area is 82.6 Å². The molecule has 14 heavy (non-hydrogen) atoms. The highest BCUT2D eigenvalue weighted by molar-refractivity contribution is 7.85. The van der Waals surface area contributed by atoms with E-state index in [-0.39, 0.29) is 28.3 Å². The molecule has 0 saturated heterocycles. The molecule has 1 aliphatic rings. The molecule has 1 aromatic carbocycles. The van der Waals surface area contributed by atoms with E-state index in [1.807, 2.05) is 0 Å². The molecule has 2 nitrogen and oxygen atoms in total. The van der Waals surface area contributed by atoms with Crippen molar-refractivity contribution >= 4 is 16.5 Å². The maximum atomic E-state index is 13.4. The average molecular weight is 217 g/mol. The summed E-state index contributed by atoms with van der Waals surface area (Å²) >= 11 is 0. The number of nitrogen functional groups attached to an aromatic ring is 1. The van der Waals surface area contributed by atoms with E-state index in [0.29, 0.717) is 0 Å². The molecule has 1 aromatic rings. The van der Waals surface area contributed by atoms with Crippen LogP contribution in [0.5, 0.6) is 0 Å². The first-order chi connectivity index (χ1) is 6.52. The van der Waals surface area contributed by atoms with Gasteiger partial charge in [0.05, 0.1) is 15.7 Å². The SMILES string of the molecule is Nc1cccc2c1S(=O)CCC2(F)F. The quantitative estimate of drug-likeness (QED) is 0.674. The average Bonchev–Trinajstić information content (AvgIpc) is 2.12. The summed E-state index contributed by atoms with van der Waals surface area (Å²) < 4.78 is 38.2. The molecule has 0 radical (unpaired) electrons. The molecule has 0 fully saturated rings. The summed E-state index contributed by atoms with van der Waals surface area (Å²) in [6.45, 7) is 0. The second-order valence-electron chi connectivity index (χ2n) is 3.23. The van der Waals surface area contributed by atoms with Gasteiger partial charge < -0.3 is 5.73 Å². The highest BCUT2D eigenvalue weighted by Crippen LogP contribution is 2.41. The molecular formula is C9H9F2NOS. The number of fused-ring (bicyclic) bond motifs is 1. The Balaban J connectivity index is 2.69. The highest BCUT2D eigenvalue weighted by Gasteiger charge is 2.40. The fourth-order valence-corrected chi connectivity index (χ4v) is 2.99. The van der Waals surface area contributed by atoms with Gasteiger partial charge >= 0.3 is 0 Å². The Bertz CT molecular complexity index is 406. The predicted octanol–water partition coefficient (Wildman–Crippen LogP) is 1.87. The van der Waals surface area contributed by atoms with Gasteiger partial charge in [0.25, 0.3) is 5.92 Å². The van der Waals surface area contributed by atoms with E-state index in [0.717, 1.165) is 0 Å². The molecule has 1 atom stereocenters. The topological polar surface area (TPSA) is 43.1 Å². The lowest BCUT2D eigenvalue weighted by atomic mass is 10.1. The molecule has 1 unspecified atom stereocenters. The summed E-state index contributed by atoms with van der Waals surface area (Å²) in [7, 11) is -1.38. The molecule has 1 heterocycles. The first-order valence-electron chi connectivity index (χ1n) is 4.17. The Morgan fingerprint density at radius 2 is 2.14 bits per heavy atom. The number of rotatable bonds is 0. The van der Waals surface area contributed by atoms with E-state index in [1.54, 1.807) is 0 Å². The van der Waals surface area contributed by atoms with Crippen LogP contribution < -0.4 is 5.73 Å². The van der Waals surface area contributed by atoms with Gasteiger partial charge in [-0.25, -0.2) is 8.78 Å². The van der Waals surface area contributed by atoms with E-state index in [4.69, 9.17) is 5.73 Å². The van der Waals surface area contributed by atoms with Crippen LogP contribution in [0.25, 0.3) is 0 Å². The van der Waals surface area contributed by atoms with Crippen molar-refractivity contribution in [2.45, 2.75) is 17.2 Å². The summed E-state index contributed by atoms with van der Waals surface area (Å²) in [6, 6.07) is 4.26. The normalized spacial score (nSPS) is 24.3. The molecule has 76 valence electrons. The number of anilines is 1. The van der Waals surface area contributed by atoms with Crippen LogP contribution >= 0.6 is 0 Å². The maximum absolute atomic E-state index is 13.4. The van der Waals surface area contributed by atoms with Gasteiger partial charge in [0.15, 0.2) is 0 Å². The van der Waals surface area contributed by atoms with Gasteiger partial charge in [-0.2, -0.15) is 0 Å². The summed E-state index contributed by atoms with van der Waals surface area (Å²) in [4.78, 5) is 0.115. The molecule has 0 saturated carbocycles. The van der Waals surface area contributed by atoms with E-state index in [1.165, 1.54) is 18.2 Å². The van der Waals surface area contributed by atoms with Crippen LogP contribution in [0, 0.1) is 0 Å². The standard InChI is InChI=1S/C9H9F2NOS/c10-9(11)4-5-14(13)8-6(9)2-1-3-7(8)12/h1-3H,4-5,12H2. The smallest absolute Gasteiger partial charge is 0.275 e. The second kappa shape index (κ2) is 3.02. The third kappa shape index (κ3) is 1.32. The van der Waals surface area contributed by atoms with Crippen LogP contribution in [0.4, 0.5) is 14.5 Å². The third-order valence-corrected chi connectivity index (χ3v) is 3.75. The molecule has 0 aromatic heterocycles. The minimum atomic E-state index is -2.89. The Morgan fingerprint density at radius 3 is 2.79 bits per heavy atom. The first-order valence-corrected chi connectivity index (χ1v) is 5.49. The van der Waals surface area contributed by atoms with Crippen molar-refractivity contribution in [2.75, 3.05) is 11.5 Å². The first kappa shape index (κ1) is 9.58. The summed E-state index contributed by atoms with van der Waals surface area (Å²) in [5, 5.41) is 0. The largest absolute Gasteiger partial charge is 0.398 e. The predicted molar refractivity (Wildman–Crippen MR) is 50.6 cm³/mol. The fourth-order valence-electron chi connectivity index (χ4n) is 1.55. The van der Waals surface area contributed by atoms with Crippen LogP contribution in [-0.2, 0) is 16.7 Å². The number of hydrogen-bond donors (Lipinski definition) is 1. The monoisotopic (exact) mass is 217 g/mol. The van der Waals surface area contributed by atoms with Gasteiger partial charge in [-0.1, -0.05) is 12.1 Å². The molecule has 2 rings (SSSR count). The van der Waals surface area contributed by atoms with Gasteiger partial charge in [0, 0.05) is 23.4 Å². The lowest BCUT2D eigenvalue weighted by Crippen LogP contribution is -2.25. The van der Waals surface area contributed by atoms with Crippen LogP contribution in [0.2, 0.25) is 0 Å². The van der Waals surface area contributed by atoms with Crippen molar-refractivity contribution in [3.05, 3.63) is 23.8 Å². The van der Waals surface area contributed by atoms with Crippen LogP contribution in [0.15, 0.2) is 23.1 Å². The van der Waals surface area contributed by atoms with Crippen molar-refractivity contribution in [2.24, 2.45) is 0 Å². The summed E-state index contributed by atoms with van der Waals surface area (Å²) in [5.74, 6) is -2.91. The van der Waals surface area contributed by atoms with Crippen LogP contribution in [0.1, 0.15) is 12.0 Å². The van der Waals surface area contributed by atoms with Crippen molar-refractivity contribution in [3.63, 3.8) is 0 Å². The second-order valence-corrected chi connectivity index (χ2v) is 4.74. The molecule has 1 aliphatic heterocycles. The Morgan fingerprint density at radius 1 is 1.43 bits per heavy atom. The zero-order chi connectivity index (χ0) is 10.3. The number of benzene rings is 1. The number of alkyl halides is 2. The molecule has 0 bridgehead atoms. The minimum Gasteiger partial charge on any atom is -0.398 e. The van der Waals surface area contributed by atoms with Crippen molar-refractivity contribution in [3.8, 4) is 0 Å². The number of nitrogens with two attached hydrogens (primary N) is 1. The van der Waals surface area contributed by atoms with Gasteiger partial charge in [-0.3, -0.25) is 4.21 Å². The summed E-state index contributed by atoms with van der Waals surface area (Å²) in [5.41, 5.74) is 5.54. The molecular weight excluding hydrogens is 208 g/mol. The molecule has 0 aliphatic carbocycles. The van der Waals surface area contributed by atoms with Gasteiger partial charge in [-0.15, -0.1) is 0 Å². The molecule has 2 N–H and O–H groups in total. The highest BCUT2D eigenvalue weighted by atomic mass is 32.2. The van der Waals surface area contributed by atoms with Crippen molar-refractivity contribution in [1.82, 2.24) is 0 Å². The van der Waals surface area contributed by atoms with E-state index >= 15 is 0 Å². The van der Waals surface area contributed by atoms with Gasteiger partial charge in [0.1, 0.15) is 0 Å². The third-order valence-electron chi connectivity index (χ3n) is 2.27. The van der Waals surface area contributed by atoms with E-state index < -0.39 is 16.7 Å². The maximum Gasteiger partial charge on any atom is 0.275 e. The Kier molecular flexibility index (Phi) is 2.06. The number of halogens is 2. The van der Waals surface area contributed by atoms with Crippen molar-refractivity contribution < 1.29 is 13.0 Å². The lowest BCUT2D eigenvalue weighted by Gasteiger charge is -2.25. The van der Waals surface area contributed by atoms with E-state index in [9.17, 15) is 13.0 Å². The minimum absolute atomic E-state index is 0.0196. The number of hydrogen-bond acceptors (Lipinski definition) is 2. The zero-order valence-electron chi connectivity index (χ0n) is 7.30. The Hall–Kier alpha value is -0.970. The molecule has 0 spiro atoms. The lowest BCUT2D eigenvalue weighted by molar-refractivity contribution is -0.0120. The molecule has 0 amide bonds.